The molecule has 0 aromatic heterocycles. The minimum absolute atomic E-state index is 0.0440. The lowest BCUT2D eigenvalue weighted by Crippen LogP contribution is -2.30. The number of amides is 1. The van der Waals surface area contributed by atoms with E-state index in [0.29, 0.717) is 10.7 Å². The molecule has 0 atom stereocenters. The molecule has 2 aromatic carbocycles. The second-order valence-electron chi connectivity index (χ2n) is 6.48. The Morgan fingerprint density at radius 3 is 2.45 bits per heavy atom. The zero-order valence-electron chi connectivity index (χ0n) is 15.9. The van der Waals surface area contributed by atoms with E-state index in [-0.39, 0.29) is 22.3 Å². The van der Waals surface area contributed by atoms with Gasteiger partial charge in [-0.05, 0) is 49.7 Å². The number of methoxy groups -OCH3 is 1. The number of amidine groups is 1. The van der Waals surface area contributed by atoms with Crippen molar-refractivity contribution < 1.29 is 22.1 Å². The molecule has 152 valence electrons. The maximum Gasteiger partial charge on any atom is 0.339 e. The third kappa shape index (κ3) is 4.96. The van der Waals surface area contributed by atoms with Crippen LogP contribution in [0.5, 0.6) is 11.5 Å². The van der Waals surface area contributed by atoms with Crippen LogP contribution in [0.3, 0.4) is 0 Å². The SMILES string of the molecule is COc1cc(C=N/N=C2\NC(=O)C(C)(C)S2)ccc1OS(=O)(=O)c1ccccc1. The van der Waals surface area contributed by atoms with Crippen LogP contribution in [0.15, 0.2) is 63.6 Å². The largest absolute Gasteiger partial charge is 0.493 e. The minimum atomic E-state index is -3.98. The zero-order chi connectivity index (χ0) is 21.1. The van der Waals surface area contributed by atoms with Gasteiger partial charge in [-0.25, -0.2) is 0 Å². The van der Waals surface area contributed by atoms with Gasteiger partial charge in [0.2, 0.25) is 5.91 Å². The molecule has 0 spiro atoms. The first kappa shape index (κ1) is 20.9. The van der Waals surface area contributed by atoms with Gasteiger partial charge in [0.05, 0.1) is 18.1 Å². The van der Waals surface area contributed by atoms with Crippen LogP contribution in [-0.4, -0.2) is 37.6 Å². The van der Waals surface area contributed by atoms with Crippen LogP contribution in [-0.2, 0) is 14.9 Å². The molecule has 10 heteroatoms. The third-order valence-corrected chi connectivity index (χ3v) is 6.21. The Morgan fingerprint density at radius 2 is 1.83 bits per heavy atom. The monoisotopic (exact) mass is 433 g/mol. The Hall–Kier alpha value is -2.85. The molecule has 1 saturated heterocycles. The highest BCUT2D eigenvalue weighted by atomic mass is 32.2. The summed E-state index contributed by atoms with van der Waals surface area (Å²) < 4.78 is 34.7. The van der Waals surface area contributed by atoms with Gasteiger partial charge in [0.25, 0.3) is 0 Å². The van der Waals surface area contributed by atoms with Gasteiger partial charge in [0.1, 0.15) is 4.90 Å². The molecule has 3 rings (SSSR count). The van der Waals surface area contributed by atoms with Gasteiger partial charge in [0.15, 0.2) is 16.7 Å². The summed E-state index contributed by atoms with van der Waals surface area (Å²) in [6.45, 7) is 3.60. The molecule has 29 heavy (non-hydrogen) atoms. The molecular formula is C19H19N3O5S2. The fourth-order valence-corrected chi connectivity index (χ4v) is 4.16. The van der Waals surface area contributed by atoms with Crippen molar-refractivity contribution in [3.05, 3.63) is 54.1 Å². The van der Waals surface area contributed by atoms with E-state index in [2.05, 4.69) is 15.5 Å². The lowest BCUT2D eigenvalue weighted by atomic mass is 10.2. The van der Waals surface area contributed by atoms with E-state index >= 15 is 0 Å². The molecule has 1 amide bonds. The van der Waals surface area contributed by atoms with Crippen LogP contribution in [0.4, 0.5) is 0 Å². The van der Waals surface area contributed by atoms with Gasteiger partial charge < -0.3 is 14.2 Å². The third-order valence-electron chi connectivity index (χ3n) is 3.89. The van der Waals surface area contributed by atoms with E-state index in [1.165, 1.54) is 43.3 Å². The molecule has 1 aliphatic rings. The topological polar surface area (TPSA) is 106 Å². The van der Waals surface area contributed by atoms with Crippen molar-refractivity contribution in [3.8, 4) is 11.5 Å². The second-order valence-corrected chi connectivity index (χ2v) is 9.63. The number of carbonyl (C=O) groups excluding carboxylic acids is 1. The summed E-state index contributed by atoms with van der Waals surface area (Å²) in [6.07, 6.45) is 1.46. The quantitative estimate of drug-likeness (QED) is 0.427. The highest BCUT2D eigenvalue weighted by Gasteiger charge is 2.38. The molecule has 2 aromatic rings. The molecule has 0 saturated carbocycles. The molecule has 0 radical (unpaired) electrons. The van der Waals surface area contributed by atoms with Crippen molar-refractivity contribution >= 4 is 39.2 Å². The van der Waals surface area contributed by atoms with E-state index in [4.69, 9.17) is 8.92 Å². The van der Waals surface area contributed by atoms with Gasteiger partial charge in [-0.1, -0.05) is 30.0 Å². The number of nitrogens with zero attached hydrogens (tertiary/aromatic N) is 2. The molecule has 0 aliphatic carbocycles. The fourth-order valence-electron chi connectivity index (χ4n) is 2.34. The maximum atomic E-state index is 12.4. The number of thioether (sulfide) groups is 1. The van der Waals surface area contributed by atoms with Crippen LogP contribution in [0, 0.1) is 0 Å². The Labute approximate surface area is 173 Å². The maximum absolute atomic E-state index is 12.4. The number of hydrogen-bond acceptors (Lipinski definition) is 8. The van der Waals surface area contributed by atoms with E-state index in [1.54, 1.807) is 44.2 Å². The van der Waals surface area contributed by atoms with Crippen molar-refractivity contribution in [3.63, 3.8) is 0 Å². The molecule has 1 aliphatic heterocycles. The summed E-state index contributed by atoms with van der Waals surface area (Å²) in [6, 6.07) is 12.5. The van der Waals surface area contributed by atoms with Gasteiger partial charge in [-0.15, -0.1) is 5.10 Å². The van der Waals surface area contributed by atoms with Crippen LogP contribution >= 0.6 is 11.8 Å². The minimum Gasteiger partial charge on any atom is -0.493 e. The number of benzene rings is 2. The van der Waals surface area contributed by atoms with Gasteiger partial charge in [-0.3, -0.25) is 4.79 Å². The summed E-state index contributed by atoms with van der Waals surface area (Å²) in [5.74, 6) is 0.158. The summed E-state index contributed by atoms with van der Waals surface area (Å²) in [5, 5.41) is 11.0. The Kier molecular flexibility index (Phi) is 5.94. The van der Waals surface area contributed by atoms with E-state index in [1.807, 2.05) is 0 Å². The zero-order valence-corrected chi connectivity index (χ0v) is 17.6. The Morgan fingerprint density at radius 1 is 1.10 bits per heavy atom. The lowest BCUT2D eigenvalue weighted by Gasteiger charge is -2.11. The molecule has 1 heterocycles. The molecule has 1 N–H and O–H groups in total. The highest BCUT2D eigenvalue weighted by molar-refractivity contribution is 8.16. The number of ether oxygens (including phenoxy) is 1. The van der Waals surface area contributed by atoms with Gasteiger partial charge in [0, 0.05) is 0 Å². The average molecular weight is 434 g/mol. The summed E-state index contributed by atoms with van der Waals surface area (Å²) in [4.78, 5) is 11.8. The Bertz CT molecular complexity index is 1080. The normalized spacial score (nSPS) is 17.5. The average Bonchev–Trinajstić information content (AvgIpc) is 2.95. The van der Waals surface area contributed by atoms with E-state index < -0.39 is 14.9 Å². The molecule has 0 unspecified atom stereocenters. The predicted molar refractivity (Wildman–Crippen MR) is 112 cm³/mol. The number of nitrogens with one attached hydrogen (secondary N) is 1. The second kappa shape index (κ2) is 8.26. The van der Waals surface area contributed by atoms with Gasteiger partial charge >= 0.3 is 10.1 Å². The number of rotatable bonds is 6. The summed E-state index contributed by atoms with van der Waals surface area (Å²) >= 11 is 1.29. The highest BCUT2D eigenvalue weighted by Crippen LogP contribution is 2.31. The molecule has 8 nitrogen and oxygen atoms in total. The first-order valence-corrected chi connectivity index (χ1v) is 10.7. The van der Waals surface area contributed by atoms with Crippen molar-refractivity contribution in [1.82, 2.24) is 5.32 Å². The van der Waals surface area contributed by atoms with Crippen LogP contribution < -0.4 is 14.2 Å². The first-order chi connectivity index (χ1) is 13.7. The summed E-state index contributed by atoms with van der Waals surface area (Å²) in [5.41, 5.74) is 0.615. The molecule has 1 fully saturated rings. The van der Waals surface area contributed by atoms with E-state index in [9.17, 15) is 13.2 Å². The van der Waals surface area contributed by atoms with Crippen molar-refractivity contribution in [2.24, 2.45) is 10.2 Å². The standard InChI is InChI=1S/C19H19N3O5S2/c1-19(2)17(23)21-18(28-19)22-20-12-13-9-10-15(16(11-13)26-3)27-29(24,25)14-7-5-4-6-8-14/h4-12H,1-3H3,(H,21,22,23). The predicted octanol–water partition coefficient (Wildman–Crippen LogP) is 2.79. The smallest absolute Gasteiger partial charge is 0.339 e. The lowest BCUT2D eigenvalue weighted by molar-refractivity contribution is -0.120. The number of carbonyl (C=O) groups is 1. The molecule has 0 bridgehead atoms. The van der Waals surface area contributed by atoms with Crippen LogP contribution in [0.25, 0.3) is 0 Å². The van der Waals surface area contributed by atoms with Gasteiger partial charge in [-0.2, -0.15) is 13.5 Å². The van der Waals surface area contributed by atoms with E-state index in [0.717, 1.165) is 0 Å². The Balaban J connectivity index is 1.76. The summed E-state index contributed by atoms with van der Waals surface area (Å²) in [7, 11) is -2.57. The van der Waals surface area contributed by atoms with Crippen molar-refractivity contribution in [2.75, 3.05) is 7.11 Å². The van der Waals surface area contributed by atoms with Crippen molar-refractivity contribution in [1.29, 1.82) is 0 Å². The van der Waals surface area contributed by atoms with Crippen LogP contribution in [0.1, 0.15) is 19.4 Å². The molecular weight excluding hydrogens is 414 g/mol. The van der Waals surface area contributed by atoms with Crippen molar-refractivity contribution in [2.45, 2.75) is 23.5 Å². The number of hydrogen-bond donors (Lipinski definition) is 1. The fraction of sp³-hybridized carbons (Fsp3) is 0.211. The van der Waals surface area contributed by atoms with Crippen LogP contribution in [0.2, 0.25) is 0 Å². The first-order valence-electron chi connectivity index (χ1n) is 8.50.